The molecule has 11 nitrogen and oxygen atoms in total. The van der Waals surface area contributed by atoms with E-state index >= 15 is 0 Å². The third-order valence-corrected chi connectivity index (χ3v) is 6.99. The molecule has 0 spiro atoms. The number of nitrogens with one attached hydrogen (secondary N) is 2. The predicted octanol–water partition coefficient (Wildman–Crippen LogP) is 3.73. The average Bonchev–Trinajstić information content (AvgIpc) is 3.69. The Balaban J connectivity index is 1.26. The average molecular weight is 542 g/mol. The molecule has 0 atom stereocenters. The highest BCUT2D eigenvalue weighted by molar-refractivity contribution is 5.95. The zero-order valence-electron chi connectivity index (χ0n) is 22.4. The van der Waals surface area contributed by atoms with Gasteiger partial charge in [0.2, 0.25) is 5.88 Å². The van der Waals surface area contributed by atoms with Gasteiger partial charge >= 0.3 is 12.4 Å². The molecule has 1 fully saturated rings. The Bertz CT molecular complexity index is 1570. The van der Waals surface area contributed by atoms with E-state index in [0.717, 1.165) is 46.4 Å². The first-order valence-corrected chi connectivity index (χ1v) is 13.1. The van der Waals surface area contributed by atoms with Crippen LogP contribution in [0.4, 0.5) is 5.82 Å². The normalized spacial score (nSPS) is 12.8. The van der Waals surface area contributed by atoms with Crippen molar-refractivity contribution in [1.82, 2.24) is 19.4 Å². The fourth-order valence-corrected chi connectivity index (χ4v) is 4.76. The summed E-state index contributed by atoms with van der Waals surface area (Å²) in [5.41, 5.74) is 13.1. The number of aryl methyl sites for hydroxylation is 3. The van der Waals surface area contributed by atoms with E-state index in [2.05, 4.69) is 32.3 Å². The van der Waals surface area contributed by atoms with Gasteiger partial charge in [0.15, 0.2) is 0 Å². The van der Waals surface area contributed by atoms with Crippen LogP contribution >= 0.6 is 0 Å². The molecule has 11 heteroatoms. The second-order valence-corrected chi connectivity index (χ2v) is 10.0. The van der Waals surface area contributed by atoms with Crippen molar-refractivity contribution in [2.75, 3.05) is 5.32 Å². The van der Waals surface area contributed by atoms with Crippen molar-refractivity contribution >= 4 is 29.7 Å². The van der Waals surface area contributed by atoms with Crippen LogP contribution in [0, 0.1) is 19.3 Å². The molecule has 1 aromatic carbocycles. The van der Waals surface area contributed by atoms with E-state index in [-0.39, 0.29) is 25.3 Å². The van der Waals surface area contributed by atoms with E-state index in [4.69, 9.17) is 20.9 Å². The molecule has 40 heavy (non-hydrogen) atoms. The summed E-state index contributed by atoms with van der Waals surface area (Å²) in [6.45, 7) is 4.90. The van der Waals surface area contributed by atoms with Crippen molar-refractivity contribution in [3.63, 3.8) is 0 Å². The van der Waals surface area contributed by atoms with Gasteiger partial charge in [-0.3, -0.25) is 15.0 Å². The monoisotopic (exact) mass is 541 g/mol. The third-order valence-electron chi connectivity index (χ3n) is 6.99. The summed E-state index contributed by atoms with van der Waals surface area (Å²) in [6.07, 6.45) is 8.26. The number of imidazole rings is 1. The lowest BCUT2D eigenvalue weighted by molar-refractivity contribution is -0.151. The minimum absolute atomic E-state index is 0.0489. The summed E-state index contributed by atoms with van der Waals surface area (Å²) in [7, 11) is 0. The van der Waals surface area contributed by atoms with Gasteiger partial charge in [0.05, 0.1) is 12.1 Å². The maximum Gasteiger partial charge on any atom is 0.313 e. The molecule has 0 aliphatic heterocycles. The molecule has 5 rings (SSSR count). The van der Waals surface area contributed by atoms with Gasteiger partial charge in [-0.15, -0.1) is 0 Å². The number of fused-ring (bicyclic) bond motifs is 1. The summed E-state index contributed by atoms with van der Waals surface area (Å²) >= 11 is 0. The summed E-state index contributed by atoms with van der Waals surface area (Å²) in [4.78, 5) is 35.5. The Morgan fingerprint density at radius 1 is 1.18 bits per heavy atom. The standard InChI is InChI=1S/C29H31N7O4/c1-17-7-21(28(30)31)8-18(2)24(17)11-32-25-10-26(34-15-33-25)39-14-23-13-36-12-22(19-3-4-19)9-20(29(36)35-23)5-6-27(38)40-16-37/h7-10,12-13,15-16,19H,3-6,11,14H2,1-2H3,(H3,30,31)(H,32,33,34). The van der Waals surface area contributed by atoms with Crippen LogP contribution in [0.5, 0.6) is 5.88 Å². The molecule has 206 valence electrons. The molecule has 0 amide bonds. The number of nitrogens with two attached hydrogens (primary N) is 1. The number of anilines is 1. The van der Waals surface area contributed by atoms with Gasteiger partial charge in [-0.05, 0) is 79.0 Å². The van der Waals surface area contributed by atoms with Crippen LogP contribution in [0.1, 0.15) is 64.3 Å². The maximum atomic E-state index is 11.7. The largest absolute Gasteiger partial charge is 0.471 e. The molecule has 3 aromatic heterocycles. The van der Waals surface area contributed by atoms with E-state index in [9.17, 15) is 9.59 Å². The topological polar surface area (TPSA) is 158 Å². The summed E-state index contributed by atoms with van der Waals surface area (Å²) in [6, 6.07) is 7.65. The number of carbonyl (C=O) groups is 2. The van der Waals surface area contributed by atoms with Gasteiger partial charge in [-0.25, -0.2) is 15.0 Å². The third kappa shape index (κ3) is 6.25. The Morgan fingerprint density at radius 2 is 1.95 bits per heavy atom. The zero-order chi connectivity index (χ0) is 28.2. The molecule has 0 bridgehead atoms. The number of rotatable bonds is 12. The predicted molar refractivity (Wildman–Crippen MR) is 148 cm³/mol. The molecule has 0 unspecified atom stereocenters. The van der Waals surface area contributed by atoms with E-state index in [0.29, 0.717) is 36.1 Å². The number of carbonyl (C=O) groups excluding carboxylic acids is 2. The molecule has 1 aliphatic rings. The Kier molecular flexibility index (Phi) is 7.72. The van der Waals surface area contributed by atoms with Crippen molar-refractivity contribution in [3.05, 3.63) is 82.1 Å². The van der Waals surface area contributed by atoms with Crippen molar-refractivity contribution in [1.29, 1.82) is 5.41 Å². The van der Waals surface area contributed by atoms with Crippen LogP contribution in [0.2, 0.25) is 0 Å². The number of esters is 1. The number of hydrogen-bond acceptors (Lipinski definition) is 9. The summed E-state index contributed by atoms with van der Waals surface area (Å²) in [5, 5.41) is 11.0. The van der Waals surface area contributed by atoms with E-state index in [1.165, 1.54) is 11.9 Å². The van der Waals surface area contributed by atoms with Crippen LogP contribution < -0.4 is 15.8 Å². The van der Waals surface area contributed by atoms with Crippen LogP contribution in [0.15, 0.2) is 43.0 Å². The van der Waals surface area contributed by atoms with E-state index in [1.54, 1.807) is 6.07 Å². The highest BCUT2D eigenvalue weighted by Crippen LogP contribution is 2.40. The zero-order valence-corrected chi connectivity index (χ0v) is 22.4. The number of hydrogen-bond donors (Lipinski definition) is 3. The number of benzene rings is 1. The smallest absolute Gasteiger partial charge is 0.313 e. The van der Waals surface area contributed by atoms with Crippen LogP contribution in [0.25, 0.3) is 5.65 Å². The van der Waals surface area contributed by atoms with Gasteiger partial charge in [0, 0.05) is 30.6 Å². The minimum Gasteiger partial charge on any atom is -0.471 e. The maximum absolute atomic E-state index is 11.7. The molecule has 3 heterocycles. The van der Waals surface area contributed by atoms with Crippen molar-refractivity contribution in [2.45, 2.75) is 58.6 Å². The molecular formula is C29H31N7O4. The number of amidine groups is 1. The number of pyridine rings is 1. The van der Waals surface area contributed by atoms with Gasteiger partial charge in [0.25, 0.3) is 0 Å². The molecule has 1 aliphatic carbocycles. The number of ether oxygens (including phenoxy) is 2. The van der Waals surface area contributed by atoms with Crippen LogP contribution in [0.3, 0.4) is 0 Å². The fraction of sp³-hybridized carbons (Fsp3) is 0.310. The lowest BCUT2D eigenvalue weighted by Crippen LogP contribution is -2.13. The first kappa shape index (κ1) is 26.8. The van der Waals surface area contributed by atoms with Gasteiger partial charge in [-0.2, -0.15) is 0 Å². The molecular weight excluding hydrogens is 510 g/mol. The quantitative estimate of drug-likeness (QED) is 0.0799. The number of nitrogens with zero attached hydrogens (tertiary/aromatic N) is 4. The first-order valence-electron chi connectivity index (χ1n) is 13.1. The van der Waals surface area contributed by atoms with Crippen molar-refractivity contribution < 1.29 is 19.1 Å². The minimum atomic E-state index is -0.563. The van der Waals surface area contributed by atoms with Gasteiger partial charge in [0.1, 0.15) is 30.2 Å². The Hall–Kier alpha value is -4.80. The Labute approximate surface area is 231 Å². The second kappa shape index (κ2) is 11.5. The molecule has 4 N–H and O–H groups in total. The molecule has 0 saturated heterocycles. The van der Waals surface area contributed by atoms with E-state index < -0.39 is 5.97 Å². The highest BCUT2D eigenvalue weighted by atomic mass is 16.6. The first-order chi connectivity index (χ1) is 19.3. The van der Waals surface area contributed by atoms with Crippen LogP contribution in [-0.4, -0.2) is 37.6 Å². The second-order valence-electron chi connectivity index (χ2n) is 10.0. The fourth-order valence-electron chi connectivity index (χ4n) is 4.76. The molecule has 4 aromatic rings. The summed E-state index contributed by atoms with van der Waals surface area (Å²) in [5.74, 6) is 1.04. The van der Waals surface area contributed by atoms with Gasteiger partial charge < -0.3 is 24.9 Å². The SMILES string of the molecule is Cc1cc(C(=N)N)cc(C)c1CNc1cc(OCc2cn3cc(C4CC4)cc(CCC(=O)OC=O)c3n2)ncn1. The van der Waals surface area contributed by atoms with Gasteiger partial charge in [-0.1, -0.05) is 6.07 Å². The molecule has 1 saturated carbocycles. The van der Waals surface area contributed by atoms with Crippen molar-refractivity contribution in [2.24, 2.45) is 5.73 Å². The lowest BCUT2D eigenvalue weighted by atomic mass is 9.99. The highest BCUT2D eigenvalue weighted by Gasteiger charge is 2.25. The lowest BCUT2D eigenvalue weighted by Gasteiger charge is -2.14. The van der Waals surface area contributed by atoms with E-state index in [1.807, 2.05) is 36.6 Å². The summed E-state index contributed by atoms with van der Waals surface area (Å²) < 4.78 is 12.4. The Morgan fingerprint density at radius 3 is 2.65 bits per heavy atom. The van der Waals surface area contributed by atoms with Crippen LogP contribution in [-0.2, 0) is 33.9 Å². The molecule has 0 radical (unpaired) electrons. The number of aromatic nitrogens is 4. The van der Waals surface area contributed by atoms with Crippen molar-refractivity contribution in [3.8, 4) is 5.88 Å². The number of nitrogen functional groups attached to an aromatic ring is 1.